The van der Waals surface area contributed by atoms with Gasteiger partial charge < -0.3 is 10.1 Å². The highest BCUT2D eigenvalue weighted by Gasteiger charge is 2.08. The van der Waals surface area contributed by atoms with Crippen LogP contribution in [0.15, 0.2) is 76.1 Å². The summed E-state index contributed by atoms with van der Waals surface area (Å²) in [6, 6.07) is 19.6. The van der Waals surface area contributed by atoms with Crippen molar-refractivity contribution < 1.29 is 13.2 Å². The predicted octanol–water partition coefficient (Wildman–Crippen LogP) is 4.94. The predicted molar refractivity (Wildman–Crippen MR) is 115 cm³/mol. The van der Waals surface area contributed by atoms with Crippen LogP contribution >= 0.6 is 27.5 Å². The standard InChI is InChI=1S/C20H18BrClN2O3S/c21-16-4-9-20(27-13-14-2-1-3-17(22)10-14)15(11-16)12-24-18-5-7-19(8-6-18)28(23,25)26/h1-11,24H,12-13H2,(H2,23,25,26). The molecule has 0 aromatic heterocycles. The van der Waals surface area contributed by atoms with Gasteiger partial charge >= 0.3 is 0 Å². The van der Waals surface area contributed by atoms with E-state index >= 15 is 0 Å². The fraction of sp³-hybridized carbons (Fsp3) is 0.100. The van der Waals surface area contributed by atoms with Crippen LogP contribution in [-0.4, -0.2) is 8.42 Å². The van der Waals surface area contributed by atoms with Crippen LogP contribution in [0, 0.1) is 0 Å². The highest BCUT2D eigenvalue weighted by atomic mass is 79.9. The van der Waals surface area contributed by atoms with Gasteiger partial charge in [0, 0.05) is 27.3 Å². The summed E-state index contributed by atoms with van der Waals surface area (Å²) >= 11 is 9.50. The largest absolute Gasteiger partial charge is 0.489 e. The molecular formula is C20H18BrClN2O3S. The molecule has 0 atom stereocenters. The highest BCUT2D eigenvalue weighted by Crippen LogP contribution is 2.26. The number of benzene rings is 3. The number of hydrogen-bond donors (Lipinski definition) is 2. The first-order valence-corrected chi connectivity index (χ1v) is 11.1. The van der Waals surface area contributed by atoms with Crippen molar-refractivity contribution in [2.75, 3.05) is 5.32 Å². The first-order valence-electron chi connectivity index (χ1n) is 8.34. The number of sulfonamides is 1. The molecule has 3 aromatic rings. The topological polar surface area (TPSA) is 81.4 Å². The highest BCUT2D eigenvalue weighted by molar-refractivity contribution is 9.10. The molecule has 0 aliphatic rings. The third-order valence-electron chi connectivity index (χ3n) is 3.97. The Morgan fingerprint density at radius 2 is 1.79 bits per heavy atom. The number of rotatable bonds is 7. The molecule has 0 fully saturated rings. The van der Waals surface area contributed by atoms with Gasteiger partial charge in [-0.3, -0.25) is 0 Å². The second kappa shape index (κ2) is 8.96. The summed E-state index contributed by atoms with van der Waals surface area (Å²) in [4.78, 5) is 0.0750. The molecule has 3 rings (SSSR count). The Morgan fingerprint density at radius 3 is 2.46 bits per heavy atom. The number of nitrogens with two attached hydrogens (primary N) is 1. The van der Waals surface area contributed by atoms with Crippen molar-refractivity contribution in [1.82, 2.24) is 0 Å². The van der Waals surface area contributed by atoms with Gasteiger partial charge in [-0.1, -0.05) is 39.7 Å². The van der Waals surface area contributed by atoms with E-state index in [4.69, 9.17) is 21.5 Å². The minimum Gasteiger partial charge on any atom is -0.489 e. The average Bonchev–Trinajstić information content (AvgIpc) is 2.65. The van der Waals surface area contributed by atoms with Gasteiger partial charge in [0.2, 0.25) is 10.0 Å². The van der Waals surface area contributed by atoms with Crippen molar-refractivity contribution in [3.8, 4) is 5.75 Å². The van der Waals surface area contributed by atoms with Crippen molar-refractivity contribution in [2.45, 2.75) is 18.0 Å². The molecule has 0 spiro atoms. The zero-order valence-electron chi connectivity index (χ0n) is 14.7. The van der Waals surface area contributed by atoms with Gasteiger partial charge in [0.05, 0.1) is 4.90 Å². The van der Waals surface area contributed by atoms with Crippen LogP contribution in [0.4, 0.5) is 5.69 Å². The van der Waals surface area contributed by atoms with Gasteiger partial charge in [0.25, 0.3) is 0 Å². The second-order valence-corrected chi connectivity index (χ2v) is 9.01. The fourth-order valence-electron chi connectivity index (χ4n) is 2.57. The van der Waals surface area contributed by atoms with E-state index in [-0.39, 0.29) is 4.90 Å². The lowest BCUT2D eigenvalue weighted by molar-refractivity contribution is 0.303. The van der Waals surface area contributed by atoms with Crippen LogP contribution in [0.3, 0.4) is 0 Å². The lowest BCUT2D eigenvalue weighted by atomic mass is 10.2. The first kappa shape index (κ1) is 20.7. The minimum absolute atomic E-state index is 0.0750. The van der Waals surface area contributed by atoms with Crippen molar-refractivity contribution in [1.29, 1.82) is 0 Å². The maximum Gasteiger partial charge on any atom is 0.238 e. The van der Waals surface area contributed by atoms with Gasteiger partial charge in [-0.15, -0.1) is 0 Å². The van der Waals surface area contributed by atoms with E-state index in [1.54, 1.807) is 12.1 Å². The number of primary sulfonamides is 1. The summed E-state index contributed by atoms with van der Waals surface area (Å²) in [5, 5.41) is 9.05. The van der Waals surface area contributed by atoms with Crippen LogP contribution in [0.1, 0.15) is 11.1 Å². The third-order valence-corrected chi connectivity index (χ3v) is 5.63. The Hall–Kier alpha value is -2.06. The van der Waals surface area contributed by atoms with Crippen LogP contribution in [0.25, 0.3) is 0 Å². The van der Waals surface area contributed by atoms with E-state index in [0.29, 0.717) is 18.2 Å². The lowest BCUT2D eigenvalue weighted by Crippen LogP contribution is -2.12. The van der Waals surface area contributed by atoms with Crippen molar-refractivity contribution in [2.24, 2.45) is 5.14 Å². The molecule has 0 aliphatic carbocycles. The van der Waals surface area contributed by atoms with Crippen molar-refractivity contribution >= 4 is 43.2 Å². The molecule has 3 aromatic carbocycles. The Labute approximate surface area is 177 Å². The molecule has 0 aliphatic heterocycles. The molecular weight excluding hydrogens is 464 g/mol. The zero-order chi connectivity index (χ0) is 20.1. The van der Waals surface area contributed by atoms with E-state index < -0.39 is 10.0 Å². The Kier molecular flexibility index (Phi) is 6.61. The minimum atomic E-state index is -3.70. The maximum atomic E-state index is 11.3. The molecule has 0 saturated carbocycles. The lowest BCUT2D eigenvalue weighted by Gasteiger charge is -2.14. The maximum absolute atomic E-state index is 11.3. The van der Waals surface area contributed by atoms with E-state index in [9.17, 15) is 8.42 Å². The Bertz CT molecular complexity index is 1070. The van der Waals surface area contributed by atoms with Crippen molar-refractivity contribution in [3.63, 3.8) is 0 Å². The molecule has 5 nitrogen and oxygen atoms in total. The fourth-order valence-corrected chi connectivity index (χ4v) is 3.71. The van der Waals surface area contributed by atoms with E-state index in [2.05, 4.69) is 21.2 Å². The molecule has 3 N–H and O–H groups in total. The molecule has 0 radical (unpaired) electrons. The number of anilines is 1. The molecule has 0 bridgehead atoms. The number of hydrogen-bond acceptors (Lipinski definition) is 4. The van der Waals surface area contributed by atoms with Crippen LogP contribution in [0.2, 0.25) is 5.02 Å². The SMILES string of the molecule is NS(=O)(=O)c1ccc(NCc2cc(Br)ccc2OCc2cccc(Cl)c2)cc1. The van der Waals surface area contributed by atoms with E-state index in [0.717, 1.165) is 27.0 Å². The number of halogens is 2. The summed E-state index contributed by atoms with van der Waals surface area (Å²) in [7, 11) is -3.70. The molecule has 0 amide bonds. The zero-order valence-corrected chi connectivity index (χ0v) is 17.9. The van der Waals surface area contributed by atoms with Gasteiger partial charge in [-0.2, -0.15) is 0 Å². The summed E-state index contributed by atoms with van der Waals surface area (Å²) in [6.45, 7) is 0.900. The summed E-state index contributed by atoms with van der Waals surface area (Å²) in [5.74, 6) is 0.747. The molecule has 0 heterocycles. The van der Waals surface area contributed by atoms with Crippen LogP contribution in [0.5, 0.6) is 5.75 Å². The Balaban J connectivity index is 1.70. The molecule has 8 heteroatoms. The molecule has 28 heavy (non-hydrogen) atoms. The van der Waals surface area contributed by atoms with Gasteiger partial charge in [0.15, 0.2) is 0 Å². The Morgan fingerprint density at radius 1 is 1.04 bits per heavy atom. The van der Waals surface area contributed by atoms with Gasteiger partial charge in [-0.05, 0) is 60.2 Å². The van der Waals surface area contributed by atoms with Crippen LogP contribution < -0.4 is 15.2 Å². The first-order chi connectivity index (χ1) is 13.3. The summed E-state index contributed by atoms with van der Waals surface area (Å²) < 4.78 is 29.6. The monoisotopic (exact) mass is 480 g/mol. The average molecular weight is 482 g/mol. The quantitative estimate of drug-likeness (QED) is 0.501. The number of ether oxygens (including phenoxy) is 1. The summed E-state index contributed by atoms with van der Waals surface area (Å²) in [5.41, 5.74) is 2.70. The number of nitrogens with one attached hydrogen (secondary N) is 1. The van der Waals surface area contributed by atoms with Crippen molar-refractivity contribution in [3.05, 3.63) is 87.4 Å². The molecule has 0 unspecified atom stereocenters. The van der Waals surface area contributed by atoms with E-state index in [1.807, 2.05) is 42.5 Å². The van der Waals surface area contributed by atoms with Crippen LogP contribution in [-0.2, 0) is 23.2 Å². The smallest absolute Gasteiger partial charge is 0.238 e. The molecule has 146 valence electrons. The van der Waals surface area contributed by atoms with E-state index in [1.165, 1.54) is 12.1 Å². The van der Waals surface area contributed by atoms with Gasteiger partial charge in [-0.25, -0.2) is 13.6 Å². The second-order valence-electron chi connectivity index (χ2n) is 6.09. The summed E-state index contributed by atoms with van der Waals surface area (Å²) in [6.07, 6.45) is 0. The third kappa shape index (κ3) is 5.72. The van der Waals surface area contributed by atoms with Gasteiger partial charge in [0.1, 0.15) is 12.4 Å². The normalized spacial score (nSPS) is 11.2. The molecule has 0 saturated heterocycles.